The van der Waals surface area contributed by atoms with Crippen molar-refractivity contribution in [2.75, 3.05) is 19.8 Å². The molecule has 1 saturated heterocycles. The molecule has 0 spiro atoms. The van der Waals surface area contributed by atoms with Gasteiger partial charge in [-0.15, -0.1) is 0 Å². The zero-order valence-electron chi connectivity index (χ0n) is 13.0. The highest BCUT2D eigenvalue weighted by atomic mass is 16.6. The summed E-state index contributed by atoms with van der Waals surface area (Å²) in [6, 6.07) is 7.78. The second kappa shape index (κ2) is 6.24. The molecule has 4 heteroatoms. The standard InChI is InChI=1S/C17H26N2O2/c1-3-14-6-4-12(2)19(14)15(11-18)13-5-7-16-17(10-13)21-9-8-20-16/h5,7,10,12,14-15H,3-4,6,8-9,11,18H2,1-2H3. The van der Waals surface area contributed by atoms with Crippen LogP contribution in [0.15, 0.2) is 18.2 Å². The highest BCUT2D eigenvalue weighted by Gasteiger charge is 2.35. The minimum absolute atomic E-state index is 0.267. The van der Waals surface area contributed by atoms with Gasteiger partial charge in [-0.25, -0.2) is 0 Å². The van der Waals surface area contributed by atoms with Gasteiger partial charge in [0.1, 0.15) is 13.2 Å². The number of ether oxygens (including phenoxy) is 2. The SMILES string of the molecule is CCC1CCC(C)N1C(CN)c1ccc2c(c1)OCCO2. The summed E-state index contributed by atoms with van der Waals surface area (Å²) in [5.41, 5.74) is 7.37. The first kappa shape index (κ1) is 14.7. The first-order valence-electron chi connectivity index (χ1n) is 8.11. The predicted molar refractivity (Wildman–Crippen MR) is 83.8 cm³/mol. The molecule has 1 aromatic rings. The Balaban J connectivity index is 1.89. The predicted octanol–water partition coefficient (Wildman–Crippen LogP) is 2.72. The minimum Gasteiger partial charge on any atom is -0.486 e. The van der Waals surface area contributed by atoms with Crippen molar-refractivity contribution in [1.29, 1.82) is 0 Å². The summed E-state index contributed by atoms with van der Waals surface area (Å²) in [6.45, 7) is 6.49. The van der Waals surface area contributed by atoms with E-state index >= 15 is 0 Å². The van der Waals surface area contributed by atoms with Crippen LogP contribution in [0.5, 0.6) is 11.5 Å². The number of likely N-dealkylation sites (tertiary alicyclic amines) is 1. The molecule has 3 unspecified atom stereocenters. The molecule has 0 saturated carbocycles. The Kier molecular flexibility index (Phi) is 4.36. The van der Waals surface area contributed by atoms with E-state index < -0.39 is 0 Å². The molecule has 2 N–H and O–H groups in total. The Morgan fingerprint density at radius 1 is 1.24 bits per heavy atom. The lowest BCUT2D eigenvalue weighted by atomic mass is 10.0. The van der Waals surface area contributed by atoms with Gasteiger partial charge in [0.05, 0.1) is 0 Å². The summed E-state index contributed by atoms with van der Waals surface area (Å²) >= 11 is 0. The molecule has 3 rings (SSSR count). The Labute approximate surface area is 127 Å². The van der Waals surface area contributed by atoms with Gasteiger partial charge in [-0.3, -0.25) is 4.90 Å². The number of nitrogens with zero attached hydrogens (tertiary/aromatic N) is 1. The van der Waals surface area contributed by atoms with Crippen molar-refractivity contribution in [2.45, 2.75) is 51.2 Å². The number of nitrogens with two attached hydrogens (primary N) is 1. The fourth-order valence-corrected chi connectivity index (χ4v) is 3.77. The molecule has 2 aliphatic heterocycles. The molecule has 0 radical (unpaired) electrons. The van der Waals surface area contributed by atoms with E-state index in [4.69, 9.17) is 15.2 Å². The van der Waals surface area contributed by atoms with Crippen LogP contribution < -0.4 is 15.2 Å². The number of fused-ring (bicyclic) bond motifs is 1. The van der Waals surface area contributed by atoms with Gasteiger partial charge < -0.3 is 15.2 Å². The van der Waals surface area contributed by atoms with Crippen LogP contribution in [0.3, 0.4) is 0 Å². The lowest BCUT2D eigenvalue weighted by Crippen LogP contribution is -2.41. The molecule has 0 bridgehead atoms. The molecule has 0 aromatic heterocycles. The highest BCUT2D eigenvalue weighted by Crippen LogP contribution is 2.38. The van der Waals surface area contributed by atoms with E-state index in [1.165, 1.54) is 24.8 Å². The molecule has 1 aromatic carbocycles. The second-order valence-corrected chi connectivity index (χ2v) is 6.09. The van der Waals surface area contributed by atoms with E-state index in [1.54, 1.807) is 0 Å². The van der Waals surface area contributed by atoms with Crippen molar-refractivity contribution < 1.29 is 9.47 Å². The van der Waals surface area contributed by atoms with E-state index in [1.807, 2.05) is 6.07 Å². The molecule has 3 atom stereocenters. The number of hydrogen-bond acceptors (Lipinski definition) is 4. The van der Waals surface area contributed by atoms with Gasteiger partial charge in [-0.2, -0.15) is 0 Å². The monoisotopic (exact) mass is 290 g/mol. The quantitative estimate of drug-likeness (QED) is 0.926. The normalized spacial score (nSPS) is 26.8. The maximum atomic E-state index is 6.13. The maximum absolute atomic E-state index is 6.13. The fourth-order valence-electron chi connectivity index (χ4n) is 3.77. The van der Waals surface area contributed by atoms with Crippen molar-refractivity contribution in [2.24, 2.45) is 5.73 Å². The third-order valence-electron chi connectivity index (χ3n) is 4.85. The van der Waals surface area contributed by atoms with Crippen LogP contribution in [0.1, 0.15) is 44.7 Å². The van der Waals surface area contributed by atoms with Crippen LogP contribution in [0.4, 0.5) is 0 Å². The van der Waals surface area contributed by atoms with Crippen LogP contribution in [0.25, 0.3) is 0 Å². The molecule has 2 heterocycles. The van der Waals surface area contributed by atoms with Gasteiger partial charge in [0.25, 0.3) is 0 Å². The van der Waals surface area contributed by atoms with Gasteiger partial charge >= 0.3 is 0 Å². The van der Waals surface area contributed by atoms with Crippen molar-refractivity contribution in [3.05, 3.63) is 23.8 Å². The first-order valence-corrected chi connectivity index (χ1v) is 8.11. The maximum Gasteiger partial charge on any atom is 0.161 e. The van der Waals surface area contributed by atoms with E-state index in [2.05, 4.69) is 30.9 Å². The Bertz CT molecular complexity index is 492. The van der Waals surface area contributed by atoms with E-state index in [9.17, 15) is 0 Å². The number of benzene rings is 1. The zero-order chi connectivity index (χ0) is 14.8. The van der Waals surface area contributed by atoms with Crippen LogP contribution in [-0.2, 0) is 0 Å². The minimum atomic E-state index is 0.267. The van der Waals surface area contributed by atoms with Gasteiger partial charge in [0.15, 0.2) is 11.5 Å². The molecular weight excluding hydrogens is 264 g/mol. The number of rotatable bonds is 4. The first-order chi connectivity index (χ1) is 10.2. The summed E-state index contributed by atoms with van der Waals surface area (Å²) in [6.07, 6.45) is 3.73. The highest BCUT2D eigenvalue weighted by molar-refractivity contribution is 5.44. The van der Waals surface area contributed by atoms with E-state index in [-0.39, 0.29) is 6.04 Å². The molecule has 4 nitrogen and oxygen atoms in total. The van der Waals surface area contributed by atoms with Crippen molar-refractivity contribution >= 4 is 0 Å². The smallest absolute Gasteiger partial charge is 0.161 e. The molecule has 0 amide bonds. The summed E-state index contributed by atoms with van der Waals surface area (Å²) in [4.78, 5) is 2.60. The van der Waals surface area contributed by atoms with E-state index in [0.29, 0.717) is 31.8 Å². The molecule has 116 valence electrons. The third kappa shape index (κ3) is 2.74. The number of hydrogen-bond donors (Lipinski definition) is 1. The molecule has 2 aliphatic rings. The summed E-state index contributed by atoms with van der Waals surface area (Å²) in [5.74, 6) is 1.71. The van der Waals surface area contributed by atoms with Gasteiger partial charge in [-0.1, -0.05) is 13.0 Å². The lowest BCUT2D eigenvalue weighted by molar-refractivity contribution is 0.135. The van der Waals surface area contributed by atoms with E-state index in [0.717, 1.165) is 11.5 Å². The van der Waals surface area contributed by atoms with Crippen molar-refractivity contribution in [1.82, 2.24) is 4.90 Å². The topological polar surface area (TPSA) is 47.7 Å². The average molecular weight is 290 g/mol. The summed E-state index contributed by atoms with van der Waals surface area (Å²) in [5, 5.41) is 0. The molecule has 0 aliphatic carbocycles. The fraction of sp³-hybridized carbons (Fsp3) is 0.647. The van der Waals surface area contributed by atoms with Crippen molar-refractivity contribution in [3.8, 4) is 11.5 Å². The van der Waals surface area contributed by atoms with Gasteiger partial charge in [0.2, 0.25) is 0 Å². The largest absolute Gasteiger partial charge is 0.486 e. The Morgan fingerprint density at radius 3 is 2.71 bits per heavy atom. The van der Waals surface area contributed by atoms with Crippen LogP contribution in [0.2, 0.25) is 0 Å². The third-order valence-corrected chi connectivity index (χ3v) is 4.85. The average Bonchev–Trinajstić information content (AvgIpc) is 2.89. The molecular formula is C17H26N2O2. The second-order valence-electron chi connectivity index (χ2n) is 6.09. The lowest BCUT2D eigenvalue weighted by Gasteiger charge is -2.36. The van der Waals surface area contributed by atoms with Gasteiger partial charge in [-0.05, 0) is 43.9 Å². The van der Waals surface area contributed by atoms with Crippen LogP contribution in [0, 0.1) is 0 Å². The Hall–Kier alpha value is -1.26. The van der Waals surface area contributed by atoms with Gasteiger partial charge in [0, 0.05) is 24.7 Å². The van der Waals surface area contributed by atoms with Crippen molar-refractivity contribution in [3.63, 3.8) is 0 Å². The molecule has 21 heavy (non-hydrogen) atoms. The summed E-state index contributed by atoms with van der Waals surface area (Å²) < 4.78 is 11.3. The molecule has 1 fully saturated rings. The Morgan fingerprint density at radius 2 is 2.00 bits per heavy atom. The van der Waals surface area contributed by atoms with Crippen LogP contribution >= 0.6 is 0 Å². The summed E-state index contributed by atoms with van der Waals surface area (Å²) in [7, 11) is 0. The van der Waals surface area contributed by atoms with Crippen LogP contribution in [-0.4, -0.2) is 36.7 Å². The zero-order valence-corrected chi connectivity index (χ0v) is 13.0.